The van der Waals surface area contributed by atoms with Crippen molar-refractivity contribution in [1.29, 1.82) is 5.26 Å². The molecule has 0 saturated heterocycles. The summed E-state index contributed by atoms with van der Waals surface area (Å²) in [6.45, 7) is 1.22. The second kappa shape index (κ2) is 7.60. The normalized spacial score (nSPS) is 10.6. The Labute approximate surface area is 146 Å². The van der Waals surface area contributed by atoms with Gasteiger partial charge in [0.2, 0.25) is 11.7 Å². The smallest absolute Gasteiger partial charge is 0.241 e. The van der Waals surface area contributed by atoms with Crippen LogP contribution in [0.4, 0.5) is 0 Å². The summed E-state index contributed by atoms with van der Waals surface area (Å²) in [5.74, 6) is 1.88. The van der Waals surface area contributed by atoms with E-state index < -0.39 is 0 Å². The third-order valence-corrected chi connectivity index (χ3v) is 3.73. The van der Waals surface area contributed by atoms with E-state index in [2.05, 4.69) is 21.1 Å². The van der Waals surface area contributed by atoms with Gasteiger partial charge < -0.3 is 9.26 Å². The van der Waals surface area contributed by atoms with Crippen LogP contribution in [0.5, 0.6) is 5.75 Å². The molecule has 0 radical (unpaired) electrons. The van der Waals surface area contributed by atoms with Gasteiger partial charge in [-0.05, 0) is 49.0 Å². The summed E-state index contributed by atoms with van der Waals surface area (Å²) in [6, 6.07) is 17.2. The quantitative estimate of drug-likeness (QED) is 0.689. The maximum absolute atomic E-state index is 8.97. The number of nitriles is 1. The van der Waals surface area contributed by atoms with E-state index >= 15 is 0 Å². The van der Waals surface area contributed by atoms with Gasteiger partial charge >= 0.3 is 0 Å². The molecule has 6 heteroatoms. The number of nitrogens with zero attached hydrogens (tertiary/aromatic N) is 4. The van der Waals surface area contributed by atoms with Crippen LogP contribution in [0.1, 0.15) is 17.0 Å². The highest BCUT2D eigenvalue weighted by Crippen LogP contribution is 2.20. The van der Waals surface area contributed by atoms with E-state index in [4.69, 9.17) is 14.5 Å². The van der Waals surface area contributed by atoms with Crippen LogP contribution >= 0.6 is 0 Å². The largest absolute Gasteiger partial charge is 0.497 e. The predicted octanol–water partition coefficient (Wildman–Crippen LogP) is 3.25. The van der Waals surface area contributed by atoms with Crippen molar-refractivity contribution in [2.75, 3.05) is 14.2 Å². The standard InChI is InChI=1S/C19H18N4O2/c1-23(12-15-5-3-4-14(10-15)11-20)13-18-21-19(22-25-18)16-6-8-17(24-2)9-7-16/h3-10H,12-13H2,1-2H3. The second-order valence-corrected chi connectivity index (χ2v) is 5.72. The molecule has 0 N–H and O–H groups in total. The molecule has 0 bridgehead atoms. The van der Waals surface area contributed by atoms with Crippen LogP contribution in [0.15, 0.2) is 53.1 Å². The molecule has 2 aromatic carbocycles. The lowest BCUT2D eigenvalue weighted by atomic mass is 10.1. The van der Waals surface area contributed by atoms with Crippen LogP contribution < -0.4 is 4.74 Å². The van der Waals surface area contributed by atoms with E-state index in [1.807, 2.05) is 49.5 Å². The molecule has 126 valence electrons. The lowest BCUT2D eigenvalue weighted by Crippen LogP contribution is -2.17. The number of ether oxygens (including phenoxy) is 1. The van der Waals surface area contributed by atoms with Gasteiger partial charge in [0.05, 0.1) is 25.3 Å². The van der Waals surface area contributed by atoms with E-state index in [-0.39, 0.29) is 0 Å². The summed E-state index contributed by atoms with van der Waals surface area (Å²) in [7, 11) is 3.60. The molecular weight excluding hydrogens is 316 g/mol. The van der Waals surface area contributed by atoms with Gasteiger partial charge in [0.15, 0.2) is 0 Å². The Bertz CT molecular complexity index is 881. The molecule has 0 spiro atoms. The zero-order valence-corrected chi connectivity index (χ0v) is 14.1. The highest BCUT2D eigenvalue weighted by Gasteiger charge is 2.11. The fourth-order valence-electron chi connectivity index (χ4n) is 2.51. The third kappa shape index (κ3) is 4.22. The second-order valence-electron chi connectivity index (χ2n) is 5.72. The molecule has 3 rings (SSSR count). The summed E-state index contributed by atoms with van der Waals surface area (Å²) in [6.07, 6.45) is 0. The highest BCUT2D eigenvalue weighted by atomic mass is 16.5. The highest BCUT2D eigenvalue weighted by molar-refractivity contribution is 5.55. The van der Waals surface area contributed by atoms with E-state index in [1.165, 1.54) is 0 Å². The van der Waals surface area contributed by atoms with E-state index in [0.717, 1.165) is 16.9 Å². The molecule has 0 aliphatic carbocycles. The van der Waals surface area contributed by atoms with Gasteiger partial charge in [0.1, 0.15) is 5.75 Å². The number of benzene rings is 2. The number of methoxy groups -OCH3 is 1. The fourth-order valence-corrected chi connectivity index (χ4v) is 2.51. The van der Waals surface area contributed by atoms with Crippen molar-refractivity contribution in [3.8, 4) is 23.2 Å². The van der Waals surface area contributed by atoms with Crippen molar-refractivity contribution in [3.05, 3.63) is 65.5 Å². The van der Waals surface area contributed by atoms with Crippen LogP contribution in [0.3, 0.4) is 0 Å². The maximum Gasteiger partial charge on any atom is 0.241 e. The minimum atomic E-state index is 0.528. The van der Waals surface area contributed by atoms with Crippen molar-refractivity contribution in [2.24, 2.45) is 0 Å². The zero-order valence-electron chi connectivity index (χ0n) is 14.1. The lowest BCUT2D eigenvalue weighted by Gasteiger charge is -2.14. The Balaban J connectivity index is 1.65. The summed E-state index contributed by atoms with van der Waals surface area (Å²) in [5, 5.41) is 13.0. The van der Waals surface area contributed by atoms with Crippen molar-refractivity contribution in [2.45, 2.75) is 13.1 Å². The molecule has 0 fully saturated rings. The average molecular weight is 334 g/mol. The Morgan fingerprint density at radius 3 is 2.68 bits per heavy atom. The number of hydrogen-bond donors (Lipinski definition) is 0. The molecule has 6 nitrogen and oxygen atoms in total. The number of rotatable bonds is 6. The Morgan fingerprint density at radius 1 is 1.16 bits per heavy atom. The molecular formula is C19H18N4O2. The van der Waals surface area contributed by atoms with Gasteiger partial charge in [-0.15, -0.1) is 0 Å². The van der Waals surface area contributed by atoms with Gasteiger partial charge in [-0.3, -0.25) is 4.90 Å². The van der Waals surface area contributed by atoms with Gasteiger partial charge in [-0.1, -0.05) is 17.3 Å². The monoisotopic (exact) mass is 334 g/mol. The minimum absolute atomic E-state index is 0.528. The minimum Gasteiger partial charge on any atom is -0.497 e. The molecule has 0 unspecified atom stereocenters. The van der Waals surface area contributed by atoms with Gasteiger partial charge in [0.25, 0.3) is 0 Å². The molecule has 1 aromatic heterocycles. The summed E-state index contributed by atoms with van der Waals surface area (Å²) in [5.41, 5.74) is 2.60. The van der Waals surface area contributed by atoms with Crippen LogP contribution in [0.25, 0.3) is 11.4 Å². The zero-order chi connectivity index (χ0) is 17.6. The van der Waals surface area contributed by atoms with Crippen LogP contribution in [-0.2, 0) is 13.1 Å². The van der Waals surface area contributed by atoms with E-state index in [1.54, 1.807) is 13.2 Å². The first kappa shape index (κ1) is 16.7. The number of hydrogen-bond acceptors (Lipinski definition) is 6. The van der Waals surface area contributed by atoms with Crippen LogP contribution in [-0.4, -0.2) is 29.2 Å². The summed E-state index contributed by atoms with van der Waals surface area (Å²) >= 11 is 0. The summed E-state index contributed by atoms with van der Waals surface area (Å²) in [4.78, 5) is 6.50. The van der Waals surface area contributed by atoms with Crippen molar-refractivity contribution in [1.82, 2.24) is 15.0 Å². The molecule has 0 aliphatic heterocycles. The predicted molar refractivity (Wildman–Crippen MR) is 92.6 cm³/mol. The molecule has 0 saturated carbocycles. The van der Waals surface area contributed by atoms with Crippen molar-refractivity contribution >= 4 is 0 Å². The first-order chi connectivity index (χ1) is 12.2. The fraction of sp³-hybridized carbons (Fsp3) is 0.211. The molecule has 25 heavy (non-hydrogen) atoms. The Kier molecular flexibility index (Phi) is 5.07. The SMILES string of the molecule is COc1ccc(-c2noc(CN(C)Cc3cccc(C#N)c3)n2)cc1. The van der Waals surface area contributed by atoms with Crippen LogP contribution in [0.2, 0.25) is 0 Å². The Hall–Kier alpha value is -3.17. The molecule has 0 amide bonds. The van der Waals surface area contributed by atoms with Crippen LogP contribution in [0, 0.1) is 11.3 Å². The van der Waals surface area contributed by atoms with E-state index in [9.17, 15) is 0 Å². The van der Waals surface area contributed by atoms with Gasteiger partial charge in [-0.2, -0.15) is 10.2 Å². The average Bonchev–Trinajstić information content (AvgIpc) is 3.10. The molecule has 0 aliphatic rings. The molecule has 0 atom stereocenters. The van der Waals surface area contributed by atoms with E-state index in [0.29, 0.717) is 30.4 Å². The molecule has 1 heterocycles. The van der Waals surface area contributed by atoms with Crippen molar-refractivity contribution in [3.63, 3.8) is 0 Å². The summed E-state index contributed by atoms with van der Waals surface area (Å²) < 4.78 is 10.5. The maximum atomic E-state index is 8.97. The molecule has 3 aromatic rings. The first-order valence-corrected chi connectivity index (χ1v) is 7.82. The third-order valence-electron chi connectivity index (χ3n) is 3.73. The lowest BCUT2D eigenvalue weighted by molar-refractivity contribution is 0.261. The number of aromatic nitrogens is 2. The Morgan fingerprint density at radius 2 is 1.96 bits per heavy atom. The van der Waals surface area contributed by atoms with Gasteiger partial charge in [0, 0.05) is 12.1 Å². The topological polar surface area (TPSA) is 75.2 Å². The first-order valence-electron chi connectivity index (χ1n) is 7.82. The van der Waals surface area contributed by atoms with Gasteiger partial charge in [-0.25, -0.2) is 0 Å². The van der Waals surface area contributed by atoms with Crippen molar-refractivity contribution < 1.29 is 9.26 Å².